The number of hydrogen-bond donors (Lipinski definition) is 4. The summed E-state index contributed by atoms with van der Waals surface area (Å²) in [5.41, 5.74) is -0.172. The first-order valence-electron chi connectivity index (χ1n) is 17.5. The Morgan fingerprint density at radius 3 is 2.41 bits per heavy atom. The third-order valence-corrected chi connectivity index (χ3v) is 11.7. The number of rotatable bonds is 7. The molecule has 2 bridgehead atoms. The third-order valence-electron chi connectivity index (χ3n) is 9.41. The molecule has 3 aliphatic heterocycles. The molecule has 0 aliphatic carbocycles. The summed E-state index contributed by atoms with van der Waals surface area (Å²) in [5, 5.41) is 5.24. The van der Waals surface area contributed by atoms with E-state index >= 15 is 4.39 Å². The Kier molecular flexibility index (Phi) is 11.4. The van der Waals surface area contributed by atoms with Gasteiger partial charge in [0.05, 0.1) is 33.4 Å². The van der Waals surface area contributed by atoms with Crippen molar-refractivity contribution in [2.24, 2.45) is 5.92 Å². The maximum atomic E-state index is 16.6. The van der Waals surface area contributed by atoms with Crippen LogP contribution in [0.2, 0.25) is 0 Å². The van der Waals surface area contributed by atoms with E-state index in [1.807, 2.05) is 0 Å². The van der Waals surface area contributed by atoms with E-state index in [1.165, 1.54) is 28.9 Å². The highest BCUT2D eigenvalue weighted by molar-refractivity contribution is 8.07. The fourth-order valence-electron chi connectivity index (χ4n) is 6.59. The zero-order valence-electron chi connectivity index (χ0n) is 30.5. The minimum absolute atomic E-state index is 0.0105. The predicted molar refractivity (Wildman–Crippen MR) is 211 cm³/mol. The van der Waals surface area contributed by atoms with Crippen molar-refractivity contribution >= 4 is 79.5 Å². The quantitative estimate of drug-likeness (QED) is 0.133. The van der Waals surface area contributed by atoms with Crippen molar-refractivity contribution in [3.05, 3.63) is 65.2 Å². The summed E-state index contributed by atoms with van der Waals surface area (Å²) >= 11 is 5.35. The molecule has 8 rings (SSSR count). The van der Waals surface area contributed by atoms with Crippen molar-refractivity contribution in [3.8, 4) is 0 Å². The van der Waals surface area contributed by atoms with Crippen LogP contribution < -0.4 is 16.2 Å². The summed E-state index contributed by atoms with van der Waals surface area (Å²) in [6.45, 7) is -1.98. The number of halogens is 1. The topological polar surface area (TPSA) is 267 Å². The number of H-pyrrole nitrogens is 1. The Morgan fingerprint density at radius 2 is 1.68 bits per heavy atom. The van der Waals surface area contributed by atoms with Crippen molar-refractivity contribution in [3.63, 3.8) is 0 Å². The highest BCUT2D eigenvalue weighted by atomic mass is 32.5. The van der Waals surface area contributed by atoms with Crippen molar-refractivity contribution < 1.29 is 55.7 Å². The van der Waals surface area contributed by atoms with Gasteiger partial charge in [-0.15, -0.1) is 0 Å². The van der Waals surface area contributed by atoms with Gasteiger partial charge in [-0.3, -0.25) is 38.3 Å². The van der Waals surface area contributed by atoms with E-state index in [1.54, 1.807) is 44.2 Å². The van der Waals surface area contributed by atoms with Crippen LogP contribution in [-0.4, -0.2) is 120 Å². The molecule has 2 amide bonds. The number of aromatic amines is 1. The van der Waals surface area contributed by atoms with Crippen LogP contribution >= 0.6 is 14.2 Å². The summed E-state index contributed by atoms with van der Waals surface area (Å²) < 4.78 is 75.3. The average Bonchev–Trinajstić information content (AvgIpc) is 3.97. The molecule has 1 aromatic carbocycles. The summed E-state index contributed by atoms with van der Waals surface area (Å²) in [4.78, 5) is 73.4. The minimum atomic E-state index is -4.31. The first-order chi connectivity index (χ1) is 28.1. The molecule has 0 spiro atoms. The number of nitrogens with zero attached hydrogens (tertiary/aromatic N) is 7. The molecular weight excluding hydrogens is 840 g/mol. The third kappa shape index (κ3) is 8.25. The molecule has 4 N–H and O–H groups in total. The first-order valence-corrected chi connectivity index (χ1v) is 21.2. The second-order valence-corrected chi connectivity index (χ2v) is 17.2. The van der Waals surface area contributed by atoms with Crippen LogP contribution in [0.5, 0.6) is 0 Å². The van der Waals surface area contributed by atoms with Crippen LogP contribution in [-0.2, 0) is 53.5 Å². The van der Waals surface area contributed by atoms with Gasteiger partial charge in [0.1, 0.15) is 44.3 Å². The van der Waals surface area contributed by atoms with Crippen LogP contribution in [0.1, 0.15) is 36.7 Å². The van der Waals surface area contributed by atoms with Crippen LogP contribution in [0.15, 0.2) is 54.1 Å². The maximum Gasteiger partial charge on any atom is 0.325 e. The lowest BCUT2D eigenvalue weighted by atomic mass is 10.1. The number of alkyl halides is 1. The molecule has 314 valence electrons. The van der Waals surface area contributed by atoms with Gasteiger partial charge >= 0.3 is 6.72 Å². The van der Waals surface area contributed by atoms with E-state index < -0.39 is 107 Å². The number of anilines is 2. The molecule has 9 unspecified atom stereocenters. The van der Waals surface area contributed by atoms with Crippen LogP contribution in [0.25, 0.3) is 22.3 Å². The standard InChI is InChI=1S/C32H37BFN10O12P2S/c1-14(2)27(45)41-32-40-26-20(29(47)42-32)38-13-44(26)31-23-22(50-3)17(54-31)10-52-58(49,59)56-21-16(9-51-57(33,48)55-23)53-30(18(21)34)43-12-37-19-24(35-11-36-25(19)43)39-28(46)15-7-5-4-6-8-15/h4-8,11-14,16-18,21-23,30-31H,9-10H2,1-3,33H3,(H,49,59)(H,35,36,39,46)(H2,40,41,42,45,47)/q-1/t16?,17?,18?,21?,22?,23?,30?,31?,57-,58?/m0/s1. The van der Waals surface area contributed by atoms with Gasteiger partial charge in [-0.1, -0.05) is 32.0 Å². The number of fused-ring (bicyclic) bond motifs is 5. The summed E-state index contributed by atoms with van der Waals surface area (Å²) in [6, 6.07) is 8.42. The number of imidazole rings is 2. The van der Waals surface area contributed by atoms with Gasteiger partial charge in [-0.25, -0.2) is 24.3 Å². The van der Waals surface area contributed by atoms with Gasteiger partial charge in [-0.2, -0.15) is 4.98 Å². The molecule has 22 nitrogen and oxygen atoms in total. The maximum absolute atomic E-state index is 16.6. The average molecular weight is 878 g/mol. The molecule has 10 atom stereocenters. The van der Waals surface area contributed by atoms with E-state index in [4.69, 9.17) is 44.1 Å². The van der Waals surface area contributed by atoms with Gasteiger partial charge in [0.25, 0.3) is 11.5 Å². The van der Waals surface area contributed by atoms with Crippen molar-refractivity contribution in [1.82, 2.24) is 39.0 Å². The molecule has 3 fully saturated rings. The zero-order valence-corrected chi connectivity index (χ0v) is 33.1. The highest BCUT2D eigenvalue weighted by Crippen LogP contribution is 2.54. The fraction of sp³-hybridized carbons (Fsp3) is 0.438. The van der Waals surface area contributed by atoms with E-state index in [-0.39, 0.29) is 34.1 Å². The second-order valence-electron chi connectivity index (χ2n) is 13.4. The monoisotopic (exact) mass is 877 g/mol. The lowest BCUT2D eigenvalue weighted by Gasteiger charge is -2.30. The summed E-state index contributed by atoms with van der Waals surface area (Å²) in [7, 11) is -3.87. The second kappa shape index (κ2) is 16.2. The number of carbonyl (C=O) groups is 2. The van der Waals surface area contributed by atoms with Crippen molar-refractivity contribution in [2.75, 3.05) is 31.0 Å². The van der Waals surface area contributed by atoms with Crippen LogP contribution in [0.3, 0.4) is 0 Å². The minimum Gasteiger partial charge on any atom is -0.376 e. The molecule has 0 saturated carbocycles. The molecule has 27 heteroatoms. The smallest absolute Gasteiger partial charge is 0.325 e. The molecule has 3 saturated heterocycles. The Hall–Kier alpha value is -4.39. The molecule has 3 aliphatic rings. The predicted octanol–water partition coefficient (Wildman–Crippen LogP) is 1.46. The Morgan fingerprint density at radius 1 is 0.983 bits per heavy atom. The van der Waals surface area contributed by atoms with E-state index in [9.17, 15) is 23.8 Å². The number of carbonyl (C=O) groups excluding carboxylic acids is 2. The largest absolute Gasteiger partial charge is 0.376 e. The SMILES string of the molecule is [BH3-][P@]1(=O)OCC2OC(n3cnc4c(NC(=O)c5ccccc5)ncnc43)C(F)C2OP(O)(=S)OCC2OC(n3cnc4c(=O)[nH]c(NC(=O)C(C)C)nc43)C(O1)C2OC. The van der Waals surface area contributed by atoms with Gasteiger partial charge in [-0.05, 0) is 23.9 Å². The Bertz CT molecular complexity index is 2570. The molecule has 5 aromatic rings. The number of nitrogens with one attached hydrogen (secondary N) is 3. The Labute approximate surface area is 338 Å². The van der Waals surface area contributed by atoms with E-state index in [2.05, 4.69) is 40.5 Å². The van der Waals surface area contributed by atoms with Crippen LogP contribution in [0, 0.1) is 5.92 Å². The van der Waals surface area contributed by atoms with Crippen LogP contribution in [0.4, 0.5) is 16.2 Å². The fourth-order valence-corrected chi connectivity index (χ4v) is 8.78. The van der Waals surface area contributed by atoms with Crippen molar-refractivity contribution in [1.29, 1.82) is 0 Å². The van der Waals surface area contributed by atoms with E-state index in [0.717, 1.165) is 6.33 Å². The number of aromatic nitrogens is 8. The molecule has 59 heavy (non-hydrogen) atoms. The van der Waals surface area contributed by atoms with Gasteiger partial charge in [0.15, 0.2) is 46.8 Å². The summed E-state index contributed by atoms with van der Waals surface area (Å²) in [6.07, 6.45) is -7.32. The highest BCUT2D eigenvalue weighted by Gasteiger charge is 2.53. The molecule has 0 radical (unpaired) electrons. The lowest BCUT2D eigenvalue weighted by Crippen LogP contribution is -2.37. The van der Waals surface area contributed by atoms with Crippen molar-refractivity contribution in [2.45, 2.75) is 63.0 Å². The number of methoxy groups -OCH3 is 1. The number of ether oxygens (including phenoxy) is 3. The first kappa shape index (κ1) is 41.4. The molecule has 4 aromatic heterocycles. The lowest BCUT2D eigenvalue weighted by molar-refractivity contribution is -0.118. The van der Waals surface area contributed by atoms with Gasteiger partial charge in [0.2, 0.25) is 11.9 Å². The zero-order chi connectivity index (χ0) is 41.8. The summed E-state index contributed by atoms with van der Waals surface area (Å²) in [5.74, 6) is -1.37. The normalized spacial score (nSPS) is 31.4. The molecular formula is C32H37BFN10O12P2S-. The Balaban J connectivity index is 1.07. The number of hydrogen-bond acceptors (Lipinski definition) is 17. The van der Waals surface area contributed by atoms with Gasteiger partial charge < -0.3 is 42.6 Å². The number of benzene rings is 1. The molecule has 7 heterocycles. The van der Waals surface area contributed by atoms with Gasteiger partial charge in [0, 0.05) is 18.6 Å². The number of amides is 2. The van der Waals surface area contributed by atoms with E-state index in [0.29, 0.717) is 5.56 Å².